The maximum absolute atomic E-state index is 16.0. The number of anilines is 2. The predicted molar refractivity (Wildman–Crippen MR) is 275 cm³/mol. The number of ether oxygens (including phenoxy) is 4. The van der Waals surface area contributed by atoms with Gasteiger partial charge >= 0.3 is 17.7 Å². The van der Waals surface area contributed by atoms with E-state index in [0.29, 0.717) is 5.52 Å². The number of hydrogen-bond donors (Lipinski definition) is 7. The zero-order valence-electron chi connectivity index (χ0n) is 43.3. The predicted octanol–water partition coefficient (Wildman–Crippen LogP) is 6.56. The van der Waals surface area contributed by atoms with Crippen LogP contribution in [-0.2, 0) is 30.3 Å². The van der Waals surface area contributed by atoms with Gasteiger partial charge in [-0.1, -0.05) is 45.9 Å². The van der Waals surface area contributed by atoms with E-state index in [9.17, 15) is 54.6 Å². The van der Waals surface area contributed by atoms with Crippen LogP contribution in [-0.4, -0.2) is 127 Å². The van der Waals surface area contributed by atoms with Gasteiger partial charge in [0.2, 0.25) is 5.43 Å². The lowest BCUT2D eigenvalue weighted by Gasteiger charge is -2.38. The normalized spacial score (nSPS) is 28.6. The van der Waals surface area contributed by atoms with Gasteiger partial charge in [0.05, 0.1) is 52.4 Å². The molecule has 75 heavy (non-hydrogen) atoms. The molecule has 0 radical (unpaired) electrons. The SMILES string of the molecule is CO[C@H]1/C=C/O[C@@]2(C)Oc3c(C)c(O)c4c(O)c(c(CN5CCN(c6cc7c(cc6F)c(=O)c(C(=O)O)cn7C6CC6)CC5)c(O)c4c3C2=O)NC(=O)/C(C)=C\C=C\[C@@H](C)[C@H](O)[C@@H](C)[C@H](O)[C@@H](C)[C@H](OC(C)=O)[C@@H]1C. The first-order valence-corrected chi connectivity index (χ1v) is 25.1. The molecule has 2 fully saturated rings. The van der Waals surface area contributed by atoms with Crippen LogP contribution in [0.2, 0.25) is 0 Å². The van der Waals surface area contributed by atoms with E-state index in [4.69, 9.17) is 18.9 Å². The van der Waals surface area contributed by atoms with Crippen molar-refractivity contribution in [3.63, 3.8) is 0 Å². The fraction of sp³-hybridized carbons (Fsp3) is 0.473. The molecular weight excluding hydrogens is 976 g/mol. The Morgan fingerprint density at radius 2 is 1.59 bits per heavy atom. The summed E-state index contributed by atoms with van der Waals surface area (Å²) < 4.78 is 41.5. The van der Waals surface area contributed by atoms with E-state index in [1.165, 1.54) is 59.4 Å². The lowest BCUT2D eigenvalue weighted by atomic mass is 9.78. The number of piperazine rings is 1. The molecule has 20 heteroatoms. The second-order valence-electron chi connectivity index (χ2n) is 20.6. The third kappa shape index (κ3) is 10.0. The molecule has 0 unspecified atom stereocenters. The molecule has 1 saturated carbocycles. The number of nitrogens with zero attached hydrogens (tertiary/aromatic N) is 3. The van der Waals surface area contributed by atoms with Gasteiger partial charge in [-0.3, -0.25) is 24.1 Å². The highest BCUT2D eigenvalue weighted by Gasteiger charge is 2.50. The van der Waals surface area contributed by atoms with Crippen molar-refractivity contribution in [2.24, 2.45) is 23.7 Å². The number of ketones is 1. The van der Waals surface area contributed by atoms with E-state index in [1.54, 1.807) is 55.4 Å². The Morgan fingerprint density at radius 1 is 0.907 bits per heavy atom. The molecule has 0 spiro atoms. The van der Waals surface area contributed by atoms with Crippen LogP contribution in [0.4, 0.5) is 15.8 Å². The Bertz CT molecular complexity index is 3140. The Hall–Kier alpha value is -7.00. The summed E-state index contributed by atoms with van der Waals surface area (Å²) in [6.07, 6.45) is 6.11. The summed E-state index contributed by atoms with van der Waals surface area (Å²) >= 11 is 0. The Labute approximate surface area is 432 Å². The largest absolute Gasteiger partial charge is 0.507 e. The fourth-order valence-corrected chi connectivity index (χ4v) is 10.7. The Morgan fingerprint density at radius 3 is 2.21 bits per heavy atom. The number of aromatic hydroxyl groups is 3. The zero-order valence-corrected chi connectivity index (χ0v) is 43.3. The molecule has 402 valence electrons. The molecule has 5 aliphatic rings. The highest BCUT2D eigenvalue weighted by Crippen LogP contribution is 2.55. The van der Waals surface area contributed by atoms with Gasteiger partial charge in [-0.05, 0) is 44.9 Å². The van der Waals surface area contributed by atoms with Crippen molar-refractivity contribution in [3.05, 3.63) is 92.8 Å². The monoisotopic (exact) mass is 1040 g/mol. The molecule has 19 nitrogen and oxygen atoms in total. The minimum Gasteiger partial charge on any atom is -0.507 e. The quantitative estimate of drug-likeness (QED) is 0.0587. The average molecular weight is 1040 g/mol. The standard InChI is InChI=1S/C55H65FN4O15/c1-25-11-10-12-26(2)53(69)57-43-34(23-58-16-18-59(19-17-58)38-22-37-33(21-36(38)56)47(65)35(54(70)71)24-60(37)32-13-14-32)48(66)40-41(49(43)67)46(64)30(6)51-42(40)52(68)55(8,75-51)73-20-15-39(72-9)27(3)50(74-31(7)61)29(5)45(63)28(4)44(25)62/h10-12,15,20-22,24-25,27-29,32,39,44-45,50,62-64,66-67H,13-14,16-19,23H2,1-9H3,(H,57,69)(H,70,71)/b11-10+,20-15+,26-12-/t25-,27-,28-,29-,39+,44+,45+,50-,55+/m1/s1. The first-order chi connectivity index (χ1) is 35.4. The van der Waals surface area contributed by atoms with E-state index >= 15 is 4.39 Å². The third-order valence-electron chi connectivity index (χ3n) is 15.5. The van der Waals surface area contributed by atoms with Crippen molar-refractivity contribution in [3.8, 4) is 23.0 Å². The highest BCUT2D eigenvalue weighted by atomic mass is 19.1. The van der Waals surface area contributed by atoms with Crippen LogP contribution in [0.25, 0.3) is 21.7 Å². The number of allylic oxidation sites excluding steroid dienone is 2. The number of Topliss-reactive ketones (excluding diaryl/α,β-unsaturated/α-hetero) is 1. The van der Waals surface area contributed by atoms with E-state index < -0.39 is 112 Å². The number of carboxylic acid groups (broad SMARTS) is 1. The number of amides is 1. The molecule has 1 aromatic heterocycles. The topological polar surface area (TPSA) is 267 Å². The second kappa shape index (κ2) is 21.0. The number of pyridine rings is 1. The number of phenols is 3. The summed E-state index contributed by atoms with van der Waals surface area (Å²) in [5, 5.41) is 71.5. The number of carboxylic acids is 1. The molecule has 5 bridgehead atoms. The average Bonchev–Trinajstić information content (AvgIpc) is 4.20. The molecule has 7 N–H and O–H groups in total. The number of aromatic carboxylic acids is 1. The number of carbonyl (C=O) groups excluding carboxylic acids is 3. The maximum Gasteiger partial charge on any atom is 0.341 e. The number of aliphatic hydroxyl groups excluding tert-OH is 2. The lowest BCUT2D eigenvalue weighted by Crippen LogP contribution is -2.46. The van der Waals surface area contributed by atoms with Crippen LogP contribution in [0.1, 0.15) is 99.2 Å². The number of esters is 1. The Balaban J connectivity index is 1.19. The van der Waals surface area contributed by atoms with E-state index in [2.05, 4.69) is 5.32 Å². The van der Waals surface area contributed by atoms with Gasteiger partial charge < -0.3 is 64.4 Å². The molecule has 4 aliphatic heterocycles. The molecule has 9 atom stereocenters. The summed E-state index contributed by atoms with van der Waals surface area (Å²) in [6.45, 7) is 13.1. The van der Waals surface area contributed by atoms with Crippen LogP contribution in [0.5, 0.6) is 23.0 Å². The minimum atomic E-state index is -2.12. The van der Waals surface area contributed by atoms with Gasteiger partial charge in [-0.15, -0.1) is 0 Å². The van der Waals surface area contributed by atoms with Crippen LogP contribution < -0.4 is 20.4 Å². The summed E-state index contributed by atoms with van der Waals surface area (Å²) in [6, 6.07) is 2.60. The van der Waals surface area contributed by atoms with Crippen molar-refractivity contribution in [2.75, 3.05) is 43.5 Å². The molecule has 3 aromatic carbocycles. The van der Waals surface area contributed by atoms with E-state index in [-0.39, 0.29) is 94.3 Å². The number of fused-ring (bicyclic) bond motifs is 15. The fourth-order valence-electron chi connectivity index (χ4n) is 10.7. The zero-order chi connectivity index (χ0) is 54.7. The lowest BCUT2D eigenvalue weighted by molar-refractivity contribution is -0.160. The number of carbonyl (C=O) groups is 4. The smallest absolute Gasteiger partial charge is 0.341 e. The molecule has 1 aliphatic carbocycles. The van der Waals surface area contributed by atoms with E-state index in [1.807, 2.05) is 4.90 Å². The first kappa shape index (κ1) is 54.3. The van der Waals surface area contributed by atoms with Crippen LogP contribution in [0, 0.1) is 36.4 Å². The van der Waals surface area contributed by atoms with Crippen LogP contribution >= 0.6 is 0 Å². The van der Waals surface area contributed by atoms with Gasteiger partial charge in [-0.2, -0.15) is 0 Å². The number of aromatic nitrogens is 1. The maximum atomic E-state index is 16.0. The number of nitrogens with one attached hydrogen (secondary N) is 1. The summed E-state index contributed by atoms with van der Waals surface area (Å²) in [5.74, 6) is -11.0. The second-order valence-corrected chi connectivity index (χ2v) is 20.6. The number of benzene rings is 3. The van der Waals surface area contributed by atoms with Crippen molar-refractivity contribution in [1.29, 1.82) is 0 Å². The number of rotatable bonds is 7. The van der Waals surface area contributed by atoms with Gasteiger partial charge in [-0.25, -0.2) is 9.18 Å². The summed E-state index contributed by atoms with van der Waals surface area (Å²) in [7, 11) is 1.42. The molecule has 1 saturated heterocycles. The molecule has 1 amide bonds. The number of aliphatic hydroxyl groups is 2. The summed E-state index contributed by atoms with van der Waals surface area (Å²) in [4.78, 5) is 70.1. The van der Waals surface area contributed by atoms with Gasteiger partial charge in [0, 0.05) is 117 Å². The van der Waals surface area contributed by atoms with Gasteiger partial charge in [0.25, 0.3) is 11.7 Å². The van der Waals surface area contributed by atoms with Crippen molar-refractivity contribution < 1.29 is 73.2 Å². The van der Waals surface area contributed by atoms with Gasteiger partial charge in [0.1, 0.15) is 34.7 Å². The molecule has 4 aromatic rings. The first-order valence-electron chi connectivity index (χ1n) is 25.1. The Kier molecular flexibility index (Phi) is 15.2. The number of phenolic OH excluding ortho intramolecular Hbond substituents is 3. The third-order valence-corrected chi connectivity index (χ3v) is 15.5. The molecule has 9 rings (SSSR count). The summed E-state index contributed by atoms with van der Waals surface area (Å²) in [5.41, 5.74) is -1.03. The van der Waals surface area contributed by atoms with Crippen LogP contribution in [0.3, 0.4) is 0 Å². The van der Waals surface area contributed by atoms with Crippen molar-refractivity contribution in [1.82, 2.24) is 9.47 Å². The number of halogens is 1. The molecule has 5 heterocycles. The minimum absolute atomic E-state index is 0.00723. The molecular formula is C55H65FN4O15. The van der Waals surface area contributed by atoms with Crippen molar-refractivity contribution >= 4 is 56.7 Å². The van der Waals surface area contributed by atoms with E-state index in [0.717, 1.165) is 18.9 Å². The van der Waals surface area contributed by atoms with Gasteiger partial charge in [0.15, 0.2) is 5.75 Å². The highest BCUT2D eigenvalue weighted by molar-refractivity contribution is 6.22. The number of hydrogen-bond acceptors (Lipinski definition) is 16. The van der Waals surface area contributed by atoms with Crippen LogP contribution in [0.15, 0.2) is 59.3 Å². The van der Waals surface area contributed by atoms with Crippen molar-refractivity contribution in [2.45, 2.75) is 111 Å². The number of methoxy groups -OCH3 is 1.